The molecule has 0 amide bonds. The molecule has 0 unspecified atom stereocenters. The van der Waals surface area contributed by atoms with E-state index in [1.165, 1.54) is 6.33 Å². The first-order valence-electron chi connectivity index (χ1n) is 5.16. The van der Waals surface area contributed by atoms with Crippen molar-refractivity contribution >= 4 is 24.3 Å². The third-order valence-electron chi connectivity index (χ3n) is 2.45. The van der Waals surface area contributed by atoms with E-state index in [0.29, 0.717) is 5.16 Å². The average Bonchev–Trinajstić information content (AvgIpc) is 2.75. The predicted octanol–water partition coefficient (Wildman–Crippen LogP) is -6.63. The topological polar surface area (TPSA) is 74.1 Å². The summed E-state index contributed by atoms with van der Waals surface area (Å²) in [6.45, 7) is -0.154. The van der Waals surface area contributed by atoms with Gasteiger partial charge < -0.3 is 32.0 Å². The van der Waals surface area contributed by atoms with Crippen molar-refractivity contribution in [1.29, 1.82) is 0 Å². The fraction of sp³-hybridized carbons (Fsp3) is 0.182. The fourth-order valence-corrected chi connectivity index (χ4v) is 1.75. The summed E-state index contributed by atoms with van der Waals surface area (Å²) in [4.78, 5) is 12.1. The van der Waals surface area contributed by atoms with Crippen LogP contribution < -0.4 is 47.7 Å². The van der Waals surface area contributed by atoms with E-state index in [-0.39, 0.29) is 44.3 Å². The first kappa shape index (κ1) is 19.0. The third kappa shape index (κ3) is 4.55. The molecule has 0 radical (unpaired) electrons. The molecule has 1 aromatic carbocycles. The van der Waals surface area contributed by atoms with Crippen LogP contribution >= 0.6 is 0 Å². The Kier molecular flexibility index (Phi) is 7.96. The molecule has 0 N–H and O–H groups in total. The quantitative estimate of drug-likeness (QED) is 0.408. The number of aliphatic carboxylic acids is 1. The van der Waals surface area contributed by atoms with Gasteiger partial charge in [-0.05, 0) is 24.3 Å². The number of carboxylic acids is 1. The van der Waals surface area contributed by atoms with Gasteiger partial charge in [-0.25, -0.2) is 0 Å². The SMILES string of the molecule is CN(CC(=O)[O-])c1ccc(-n2cnnc2[S-])cc1.[Li+].[Li+]. The zero-order chi connectivity index (χ0) is 13.1. The largest absolute Gasteiger partial charge is 1.00 e. The Balaban J connectivity index is 0.00000180. The Morgan fingerprint density at radius 1 is 1.35 bits per heavy atom. The molecule has 0 atom stereocenters. The van der Waals surface area contributed by atoms with E-state index in [9.17, 15) is 9.90 Å². The van der Waals surface area contributed by atoms with Crippen molar-refractivity contribution in [2.75, 3.05) is 18.5 Å². The summed E-state index contributed by atoms with van der Waals surface area (Å²) >= 11 is 5.00. The molecule has 94 valence electrons. The fourth-order valence-electron chi connectivity index (χ4n) is 1.55. The number of benzene rings is 1. The second kappa shape index (κ2) is 8.36. The van der Waals surface area contributed by atoms with E-state index >= 15 is 0 Å². The van der Waals surface area contributed by atoms with Crippen molar-refractivity contribution in [3.63, 3.8) is 0 Å². The number of rotatable bonds is 4. The molecule has 0 aliphatic rings. The van der Waals surface area contributed by atoms with Gasteiger partial charge >= 0.3 is 37.7 Å². The van der Waals surface area contributed by atoms with Crippen LogP contribution in [0.3, 0.4) is 0 Å². The van der Waals surface area contributed by atoms with Gasteiger partial charge in [0.15, 0.2) is 0 Å². The van der Waals surface area contributed by atoms with Gasteiger partial charge in [0.2, 0.25) is 0 Å². The van der Waals surface area contributed by atoms with Crippen LogP contribution in [0.1, 0.15) is 0 Å². The molecule has 2 aromatic rings. The van der Waals surface area contributed by atoms with Gasteiger partial charge in [0.05, 0.1) is 12.5 Å². The summed E-state index contributed by atoms with van der Waals surface area (Å²) < 4.78 is 1.66. The average molecular weight is 276 g/mol. The van der Waals surface area contributed by atoms with E-state index in [1.807, 2.05) is 12.1 Å². The first-order valence-corrected chi connectivity index (χ1v) is 5.57. The minimum absolute atomic E-state index is 0. The number of carbonyl (C=O) groups excluding carboxylic acids is 1. The van der Waals surface area contributed by atoms with Gasteiger partial charge in [-0.15, -0.1) is 5.10 Å². The van der Waals surface area contributed by atoms with Crippen LogP contribution in [0.2, 0.25) is 0 Å². The summed E-state index contributed by atoms with van der Waals surface area (Å²) in [6, 6.07) is 7.24. The number of hydrogen-bond acceptors (Lipinski definition) is 6. The summed E-state index contributed by atoms with van der Waals surface area (Å²) in [5, 5.41) is 18.3. The number of anilines is 1. The summed E-state index contributed by atoms with van der Waals surface area (Å²) in [5.41, 5.74) is 1.61. The Hall–Kier alpha value is -0.955. The molecule has 20 heavy (non-hydrogen) atoms. The van der Waals surface area contributed by atoms with Gasteiger partial charge in [0.25, 0.3) is 0 Å². The van der Waals surface area contributed by atoms with E-state index < -0.39 is 5.97 Å². The van der Waals surface area contributed by atoms with Crippen molar-refractivity contribution in [1.82, 2.24) is 14.8 Å². The summed E-state index contributed by atoms with van der Waals surface area (Å²) in [7, 11) is 1.68. The number of carbonyl (C=O) groups is 1. The van der Waals surface area contributed by atoms with Gasteiger partial charge in [-0.1, -0.05) is 0 Å². The molecule has 1 aromatic heterocycles. The van der Waals surface area contributed by atoms with Crippen LogP contribution in [-0.2, 0) is 17.4 Å². The van der Waals surface area contributed by atoms with E-state index in [0.717, 1.165) is 11.4 Å². The zero-order valence-electron chi connectivity index (χ0n) is 11.6. The van der Waals surface area contributed by atoms with Gasteiger partial charge in [0, 0.05) is 23.6 Å². The molecule has 1 heterocycles. The van der Waals surface area contributed by atoms with Crippen LogP contribution in [-0.4, -0.2) is 34.3 Å². The van der Waals surface area contributed by atoms with Crippen LogP contribution in [0.4, 0.5) is 5.69 Å². The van der Waals surface area contributed by atoms with E-state index in [2.05, 4.69) is 10.2 Å². The number of hydrogen-bond donors (Lipinski definition) is 0. The molecule has 0 bridgehead atoms. The minimum Gasteiger partial charge on any atom is -0.740 e. The number of carboxylic acid groups (broad SMARTS) is 1. The van der Waals surface area contributed by atoms with Crippen LogP contribution in [0.25, 0.3) is 5.69 Å². The van der Waals surface area contributed by atoms with E-state index in [1.54, 1.807) is 28.6 Å². The molecule has 0 aliphatic heterocycles. The smallest absolute Gasteiger partial charge is 0.740 e. The molecule has 0 fully saturated rings. The van der Waals surface area contributed by atoms with Crippen molar-refractivity contribution in [3.05, 3.63) is 30.6 Å². The standard InChI is InChI=1S/C11H12N4O2S.2Li/c1-14(6-10(16)17)8-2-4-9(5-3-8)15-7-12-13-11(15)18;;/h2-5,7H,6H2,1H3,(H,13,18)(H,16,17);;/q;2*+1/p-2. The predicted molar refractivity (Wildman–Crippen MR) is 65.3 cm³/mol. The molecule has 2 rings (SSSR count). The Bertz CT molecular complexity index is 562. The van der Waals surface area contributed by atoms with Crippen molar-refractivity contribution in [3.8, 4) is 5.69 Å². The Morgan fingerprint density at radius 3 is 2.40 bits per heavy atom. The van der Waals surface area contributed by atoms with Crippen LogP contribution in [0.5, 0.6) is 0 Å². The molecular weight excluding hydrogens is 266 g/mol. The van der Waals surface area contributed by atoms with Gasteiger partial charge in [0.1, 0.15) is 6.33 Å². The molecule has 0 spiro atoms. The summed E-state index contributed by atoms with van der Waals surface area (Å²) in [6.07, 6.45) is 1.53. The molecule has 0 saturated heterocycles. The zero-order valence-corrected chi connectivity index (χ0v) is 12.4. The molecule has 6 nitrogen and oxygen atoms in total. The maximum atomic E-state index is 10.5. The van der Waals surface area contributed by atoms with Crippen molar-refractivity contribution in [2.24, 2.45) is 0 Å². The third-order valence-corrected chi connectivity index (χ3v) is 2.73. The maximum Gasteiger partial charge on any atom is 1.00 e. The number of nitrogens with zero attached hydrogens (tertiary/aromatic N) is 4. The molecule has 9 heteroatoms. The van der Waals surface area contributed by atoms with Crippen molar-refractivity contribution in [2.45, 2.75) is 5.16 Å². The second-order valence-corrected chi connectivity index (χ2v) is 4.09. The van der Waals surface area contributed by atoms with Crippen LogP contribution in [0, 0.1) is 0 Å². The van der Waals surface area contributed by atoms with Gasteiger partial charge in [-0.2, -0.15) is 5.10 Å². The van der Waals surface area contributed by atoms with Gasteiger partial charge in [-0.3, -0.25) is 0 Å². The second-order valence-electron chi connectivity index (χ2n) is 3.73. The number of likely N-dealkylation sites (N-methyl/N-ethyl adjacent to an activating group) is 1. The first-order chi connectivity index (χ1) is 8.58. The maximum absolute atomic E-state index is 10.5. The Morgan fingerprint density at radius 2 is 1.95 bits per heavy atom. The minimum atomic E-state index is -1.12. The molecule has 0 saturated carbocycles. The molecule has 0 aliphatic carbocycles. The summed E-state index contributed by atoms with van der Waals surface area (Å²) in [5.74, 6) is -1.12. The Labute approximate surface area is 146 Å². The van der Waals surface area contributed by atoms with Crippen molar-refractivity contribution < 1.29 is 47.6 Å². The number of aromatic nitrogens is 3. The van der Waals surface area contributed by atoms with E-state index in [4.69, 9.17) is 12.6 Å². The normalized spacial score (nSPS) is 9.25. The monoisotopic (exact) mass is 276 g/mol. The molecular formula is C11H10Li2N4O2S. The van der Waals surface area contributed by atoms with Crippen LogP contribution in [0.15, 0.2) is 35.7 Å².